The van der Waals surface area contributed by atoms with Gasteiger partial charge in [-0.05, 0) is 49.4 Å². The third-order valence-electron chi connectivity index (χ3n) is 4.69. The Morgan fingerprint density at radius 3 is 2.52 bits per heavy atom. The van der Waals surface area contributed by atoms with Gasteiger partial charge in [0.15, 0.2) is 0 Å². The lowest BCUT2D eigenvalue weighted by Gasteiger charge is -2.36. The number of aryl methyl sites for hydroxylation is 2. The van der Waals surface area contributed by atoms with Crippen LogP contribution < -0.4 is 5.32 Å². The highest BCUT2D eigenvalue weighted by Crippen LogP contribution is 2.37. The summed E-state index contributed by atoms with van der Waals surface area (Å²) < 4.78 is 5.15. The fourth-order valence-electron chi connectivity index (χ4n) is 3.36. The molecule has 3 heteroatoms. The lowest BCUT2D eigenvalue weighted by molar-refractivity contribution is -0.152. The van der Waals surface area contributed by atoms with E-state index in [1.807, 2.05) is 0 Å². The van der Waals surface area contributed by atoms with E-state index in [2.05, 4.69) is 61.6 Å². The van der Waals surface area contributed by atoms with Crippen molar-refractivity contribution in [2.24, 2.45) is 5.41 Å². The fraction of sp³-hybridized carbons (Fsp3) is 0.350. The molecule has 23 heavy (non-hydrogen) atoms. The minimum atomic E-state index is -0.549. The number of benzene rings is 2. The van der Waals surface area contributed by atoms with E-state index in [0.29, 0.717) is 19.4 Å². The lowest BCUT2D eigenvalue weighted by Crippen LogP contribution is -2.45. The van der Waals surface area contributed by atoms with Crippen molar-refractivity contribution in [2.75, 3.05) is 19.0 Å². The second-order valence-corrected chi connectivity index (χ2v) is 6.63. The number of hydrogen-bond acceptors (Lipinski definition) is 3. The molecule has 3 nitrogen and oxygen atoms in total. The largest absolute Gasteiger partial charge is 0.469 e. The molecule has 120 valence electrons. The van der Waals surface area contributed by atoms with Gasteiger partial charge in [0.25, 0.3) is 0 Å². The van der Waals surface area contributed by atoms with Crippen LogP contribution in [0.4, 0.5) is 5.69 Å². The number of rotatable bonds is 3. The van der Waals surface area contributed by atoms with Crippen molar-refractivity contribution in [3.8, 4) is 0 Å². The summed E-state index contributed by atoms with van der Waals surface area (Å²) in [5.41, 5.74) is 5.38. The lowest BCUT2D eigenvalue weighted by atomic mass is 9.74. The predicted molar refractivity (Wildman–Crippen MR) is 92.7 cm³/mol. The maximum absolute atomic E-state index is 12.6. The third-order valence-corrected chi connectivity index (χ3v) is 4.69. The van der Waals surface area contributed by atoms with E-state index in [0.717, 1.165) is 5.69 Å². The maximum atomic E-state index is 12.6. The molecule has 0 aromatic heterocycles. The Balaban J connectivity index is 1.94. The maximum Gasteiger partial charge on any atom is 0.314 e. The summed E-state index contributed by atoms with van der Waals surface area (Å²) in [4.78, 5) is 12.6. The van der Waals surface area contributed by atoms with Crippen molar-refractivity contribution in [3.05, 3.63) is 64.7 Å². The van der Waals surface area contributed by atoms with Gasteiger partial charge in [0.1, 0.15) is 0 Å². The topological polar surface area (TPSA) is 38.3 Å². The van der Waals surface area contributed by atoms with E-state index in [1.165, 1.54) is 29.4 Å². The summed E-state index contributed by atoms with van der Waals surface area (Å²) in [7, 11) is 1.48. The van der Waals surface area contributed by atoms with Crippen LogP contribution in [-0.4, -0.2) is 19.6 Å². The number of carbonyl (C=O) groups excluding carboxylic acids is 1. The first-order valence-electron chi connectivity index (χ1n) is 8.00. The highest BCUT2D eigenvalue weighted by molar-refractivity contribution is 5.80. The van der Waals surface area contributed by atoms with Gasteiger partial charge in [0.2, 0.25) is 0 Å². The molecule has 1 atom stereocenters. The number of nitrogens with one attached hydrogen (secondary N) is 1. The van der Waals surface area contributed by atoms with Crippen molar-refractivity contribution >= 4 is 11.7 Å². The number of esters is 1. The fourth-order valence-corrected chi connectivity index (χ4v) is 3.36. The number of carbonyl (C=O) groups is 1. The average Bonchev–Trinajstić information content (AvgIpc) is 2.56. The summed E-state index contributed by atoms with van der Waals surface area (Å²) in [5, 5.41) is 3.44. The molecular weight excluding hydrogens is 286 g/mol. The smallest absolute Gasteiger partial charge is 0.314 e. The molecular formula is C20H23NO2. The molecule has 2 aromatic rings. The van der Waals surface area contributed by atoms with Gasteiger partial charge in [-0.25, -0.2) is 0 Å². The first kappa shape index (κ1) is 15.6. The van der Waals surface area contributed by atoms with Gasteiger partial charge < -0.3 is 10.1 Å². The summed E-state index contributed by atoms with van der Waals surface area (Å²) in [6.45, 7) is 4.75. The van der Waals surface area contributed by atoms with E-state index in [-0.39, 0.29) is 5.97 Å². The Morgan fingerprint density at radius 2 is 1.83 bits per heavy atom. The Labute approximate surface area is 137 Å². The number of anilines is 1. The summed E-state index contributed by atoms with van der Waals surface area (Å²) >= 11 is 0. The molecule has 1 N–H and O–H groups in total. The van der Waals surface area contributed by atoms with Crippen molar-refractivity contribution in [1.29, 1.82) is 0 Å². The van der Waals surface area contributed by atoms with Crippen molar-refractivity contribution in [2.45, 2.75) is 26.7 Å². The van der Waals surface area contributed by atoms with Crippen LogP contribution in [0, 0.1) is 19.3 Å². The summed E-state index contributed by atoms with van der Waals surface area (Å²) in [5.74, 6) is -0.142. The van der Waals surface area contributed by atoms with Crippen LogP contribution in [0.2, 0.25) is 0 Å². The van der Waals surface area contributed by atoms with E-state index >= 15 is 0 Å². The zero-order valence-electron chi connectivity index (χ0n) is 14.0. The van der Waals surface area contributed by atoms with E-state index in [1.54, 1.807) is 0 Å². The molecule has 0 radical (unpaired) electrons. The van der Waals surface area contributed by atoms with Gasteiger partial charge in [-0.1, -0.05) is 42.0 Å². The van der Waals surface area contributed by atoms with E-state index in [9.17, 15) is 4.79 Å². The highest BCUT2D eigenvalue weighted by Gasteiger charge is 2.42. The Bertz CT molecular complexity index is 721. The molecule has 0 spiro atoms. The molecule has 0 unspecified atom stereocenters. The molecule has 0 bridgehead atoms. The monoisotopic (exact) mass is 309 g/mol. The molecule has 2 aromatic carbocycles. The van der Waals surface area contributed by atoms with Gasteiger partial charge in [-0.3, -0.25) is 4.79 Å². The number of ether oxygens (including phenoxy) is 1. The van der Waals surface area contributed by atoms with Crippen LogP contribution in [0.5, 0.6) is 0 Å². The first-order chi connectivity index (χ1) is 11.0. The van der Waals surface area contributed by atoms with Crippen LogP contribution in [-0.2, 0) is 22.4 Å². The molecule has 0 amide bonds. The van der Waals surface area contributed by atoms with Crippen LogP contribution in [0.15, 0.2) is 42.5 Å². The molecule has 0 saturated carbocycles. The minimum Gasteiger partial charge on any atom is -0.469 e. The Morgan fingerprint density at radius 1 is 1.13 bits per heavy atom. The average molecular weight is 309 g/mol. The number of methoxy groups -OCH3 is 1. The van der Waals surface area contributed by atoms with Crippen molar-refractivity contribution < 1.29 is 9.53 Å². The molecule has 1 aliphatic rings. The first-order valence-corrected chi connectivity index (χ1v) is 8.00. The Kier molecular flexibility index (Phi) is 4.12. The van der Waals surface area contributed by atoms with E-state index in [4.69, 9.17) is 4.74 Å². The van der Waals surface area contributed by atoms with Crippen LogP contribution in [0.25, 0.3) is 0 Å². The molecule has 0 aliphatic carbocycles. The standard InChI is InChI=1S/C20H23NO2/c1-14-4-7-16(8-5-14)11-20(19(22)23-3)12-17-9-6-15(2)10-18(17)21-13-20/h4-10,21H,11-13H2,1-3H3/t20-/m1/s1. The zero-order valence-corrected chi connectivity index (χ0v) is 14.0. The van der Waals surface area contributed by atoms with Crippen molar-refractivity contribution in [1.82, 2.24) is 0 Å². The third kappa shape index (κ3) is 3.09. The highest BCUT2D eigenvalue weighted by atomic mass is 16.5. The van der Waals surface area contributed by atoms with Gasteiger partial charge in [0.05, 0.1) is 12.5 Å². The second-order valence-electron chi connectivity index (χ2n) is 6.63. The quantitative estimate of drug-likeness (QED) is 0.879. The molecule has 1 aliphatic heterocycles. The van der Waals surface area contributed by atoms with Crippen LogP contribution in [0.3, 0.4) is 0 Å². The molecule has 1 heterocycles. The summed E-state index contributed by atoms with van der Waals surface area (Å²) in [6, 6.07) is 14.7. The zero-order chi connectivity index (χ0) is 16.4. The number of hydrogen-bond donors (Lipinski definition) is 1. The van der Waals surface area contributed by atoms with Gasteiger partial charge in [-0.2, -0.15) is 0 Å². The normalized spacial score (nSPS) is 19.6. The minimum absolute atomic E-state index is 0.142. The second kappa shape index (κ2) is 6.07. The number of fused-ring (bicyclic) bond motifs is 1. The Hall–Kier alpha value is -2.29. The van der Waals surface area contributed by atoms with Crippen molar-refractivity contribution in [3.63, 3.8) is 0 Å². The van der Waals surface area contributed by atoms with Crippen LogP contribution >= 0.6 is 0 Å². The van der Waals surface area contributed by atoms with Gasteiger partial charge in [0, 0.05) is 12.2 Å². The van der Waals surface area contributed by atoms with Gasteiger partial charge in [-0.15, -0.1) is 0 Å². The summed E-state index contributed by atoms with van der Waals surface area (Å²) in [6.07, 6.45) is 1.39. The molecule has 0 fully saturated rings. The SMILES string of the molecule is COC(=O)[C@@]1(Cc2ccc(C)cc2)CNc2cc(C)ccc2C1. The van der Waals surface area contributed by atoms with Crippen LogP contribution in [0.1, 0.15) is 22.3 Å². The molecule has 0 saturated heterocycles. The molecule has 3 rings (SSSR count). The van der Waals surface area contributed by atoms with Gasteiger partial charge >= 0.3 is 5.97 Å². The predicted octanol–water partition coefficient (Wildman–Crippen LogP) is 3.67. The van der Waals surface area contributed by atoms with E-state index < -0.39 is 5.41 Å².